The van der Waals surface area contributed by atoms with E-state index >= 15 is 0 Å². The quantitative estimate of drug-likeness (QED) is 0.770. The van der Waals surface area contributed by atoms with Crippen LogP contribution in [0.2, 0.25) is 0 Å². The largest absolute Gasteiger partial charge is 0.481 e. The van der Waals surface area contributed by atoms with Crippen molar-refractivity contribution in [3.05, 3.63) is 35.7 Å². The van der Waals surface area contributed by atoms with Crippen molar-refractivity contribution in [3.63, 3.8) is 0 Å². The molecule has 0 aliphatic carbocycles. The second kappa shape index (κ2) is 5.23. The molecule has 0 fully saturated rings. The molecule has 3 heterocycles. The number of anilines is 1. The molecule has 3 aromatic rings. The molecule has 0 amide bonds. The van der Waals surface area contributed by atoms with Gasteiger partial charge in [-0.1, -0.05) is 11.2 Å². The predicted octanol–water partition coefficient (Wildman–Crippen LogP) is 1.28. The van der Waals surface area contributed by atoms with E-state index in [4.69, 9.17) is 15.0 Å². The Labute approximate surface area is 120 Å². The molecule has 3 rings (SSSR count). The van der Waals surface area contributed by atoms with E-state index < -0.39 is 0 Å². The zero-order chi connectivity index (χ0) is 14.8. The summed E-state index contributed by atoms with van der Waals surface area (Å²) >= 11 is 0. The zero-order valence-electron chi connectivity index (χ0n) is 11.6. The van der Waals surface area contributed by atoms with Crippen molar-refractivity contribution in [2.24, 2.45) is 0 Å². The molecule has 8 heteroatoms. The van der Waals surface area contributed by atoms with Crippen LogP contribution in [0.5, 0.6) is 5.88 Å². The van der Waals surface area contributed by atoms with Gasteiger partial charge < -0.3 is 15.0 Å². The van der Waals surface area contributed by atoms with E-state index in [2.05, 4.69) is 20.3 Å². The van der Waals surface area contributed by atoms with Crippen LogP contribution in [0.25, 0.3) is 11.5 Å². The van der Waals surface area contributed by atoms with Crippen LogP contribution >= 0.6 is 0 Å². The van der Waals surface area contributed by atoms with Gasteiger partial charge in [0, 0.05) is 12.1 Å². The summed E-state index contributed by atoms with van der Waals surface area (Å²) in [5.74, 6) is 1.99. The highest BCUT2D eigenvalue weighted by Gasteiger charge is 2.15. The van der Waals surface area contributed by atoms with Gasteiger partial charge in [-0.3, -0.25) is 4.57 Å². The zero-order valence-corrected chi connectivity index (χ0v) is 11.6. The predicted molar refractivity (Wildman–Crippen MR) is 74.6 cm³/mol. The average molecular weight is 286 g/mol. The van der Waals surface area contributed by atoms with Gasteiger partial charge in [0.1, 0.15) is 5.69 Å². The Hall–Kier alpha value is -2.90. The summed E-state index contributed by atoms with van der Waals surface area (Å²) in [4.78, 5) is 4.33. The van der Waals surface area contributed by atoms with E-state index in [1.54, 1.807) is 17.7 Å². The number of nitrogen functional groups attached to an aromatic ring is 1. The van der Waals surface area contributed by atoms with Crippen molar-refractivity contribution in [2.75, 3.05) is 12.8 Å². The van der Waals surface area contributed by atoms with Crippen LogP contribution < -0.4 is 10.5 Å². The van der Waals surface area contributed by atoms with Gasteiger partial charge in [0.15, 0.2) is 11.6 Å². The monoisotopic (exact) mass is 286 g/mol. The second-order valence-corrected chi connectivity index (χ2v) is 4.47. The fraction of sp³-hybridized carbons (Fsp3) is 0.231. The van der Waals surface area contributed by atoms with Gasteiger partial charge in [-0.15, -0.1) is 10.2 Å². The maximum atomic E-state index is 5.87. The summed E-state index contributed by atoms with van der Waals surface area (Å²) in [7, 11) is 1.56. The first-order valence-electron chi connectivity index (χ1n) is 6.29. The normalized spacial score (nSPS) is 10.8. The van der Waals surface area contributed by atoms with Crippen LogP contribution in [-0.4, -0.2) is 32.0 Å². The highest BCUT2D eigenvalue weighted by molar-refractivity contribution is 5.52. The molecule has 0 aliphatic rings. The van der Waals surface area contributed by atoms with E-state index in [0.29, 0.717) is 29.7 Å². The maximum Gasteiger partial charge on any atom is 0.222 e. The summed E-state index contributed by atoms with van der Waals surface area (Å²) in [5, 5.41) is 11.8. The van der Waals surface area contributed by atoms with Gasteiger partial charge in [0.05, 0.1) is 19.3 Å². The van der Waals surface area contributed by atoms with Crippen LogP contribution in [0.15, 0.2) is 28.8 Å². The first-order valence-corrected chi connectivity index (χ1v) is 6.29. The van der Waals surface area contributed by atoms with Crippen molar-refractivity contribution >= 4 is 5.95 Å². The molecule has 0 radical (unpaired) electrons. The van der Waals surface area contributed by atoms with Crippen LogP contribution in [-0.2, 0) is 6.54 Å². The molecule has 0 atom stereocenters. The SMILES string of the molecule is COc1cccc(-c2nnc(N)n2Cc2cc(C)no2)n1. The number of aromatic nitrogens is 5. The molecule has 108 valence electrons. The molecule has 0 bridgehead atoms. The van der Waals surface area contributed by atoms with Gasteiger partial charge in [0.25, 0.3) is 0 Å². The minimum Gasteiger partial charge on any atom is -0.481 e. The topological polar surface area (TPSA) is 105 Å². The van der Waals surface area contributed by atoms with Crippen molar-refractivity contribution < 1.29 is 9.26 Å². The maximum absolute atomic E-state index is 5.87. The smallest absolute Gasteiger partial charge is 0.222 e. The Kier molecular flexibility index (Phi) is 3.27. The minimum atomic E-state index is 0.281. The summed E-state index contributed by atoms with van der Waals surface area (Å²) < 4.78 is 12.0. The fourth-order valence-electron chi connectivity index (χ4n) is 1.96. The number of rotatable bonds is 4. The number of pyridine rings is 1. The Morgan fingerprint density at radius 3 is 2.90 bits per heavy atom. The average Bonchev–Trinajstić information content (AvgIpc) is 3.06. The van der Waals surface area contributed by atoms with Gasteiger partial charge >= 0.3 is 0 Å². The Bertz CT molecular complexity index is 764. The lowest BCUT2D eigenvalue weighted by atomic mass is 10.3. The number of hydrogen-bond donors (Lipinski definition) is 1. The third-order valence-electron chi connectivity index (χ3n) is 2.93. The molecule has 0 saturated carbocycles. The molecule has 0 unspecified atom stereocenters. The third kappa shape index (κ3) is 2.55. The number of methoxy groups -OCH3 is 1. The van der Waals surface area contributed by atoms with Crippen LogP contribution in [0.1, 0.15) is 11.5 Å². The van der Waals surface area contributed by atoms with Crippen LogP contribution in [0.3, 0.4) is 0 Å². The molecule has 0 aromatic carbocycles. The number of hydrogen-bond acceptors (Lipinski definition) is 7. The number of nitrogens with two attached hydrogens (primary N) is 1. The van der Waals surface area contributed by atoms with Crippen molar-refractivity contribution in [3.8, 4) is 17.4 Å². The summed E-state index contributed by atoms with van der Waals surface area (Å²) in [6, 6.07) is 7.23. The van der Waals surface area contributed by atoms with Gasteiger partial charge in [0.2, 0.25) is 11.8 Å². The van der Waals surface area contributed by atoms with Crippen LogP contribution in [0.4, 0.5) is 5.95 Å². The van der Waals surface area contributed by atoms with Crippen LogP contribution in [0, 0.1) is 6.92 Å². The molecule has 0 saturated heterocycles. The highest BCUT2D eigenvalue weighted by atomic mass is 16.5. The van der Waals surface area contributed by atoms with E-state index in [-0.39, 0.29) is 5.95 Å². The first-order chi connectivity index (χ1) is 10.2. The number of ether oxygens (including phenoxy) is 1. The summed E-state index contributed by atoms with van der Waals surface area (Å²) in [6.07, 6.45) is 0. The molecule has 3 aromatic heterocycles. The van der Waals surface area contributed by atoms with Crippen molar-refractivity contribution in [1.29, 1.82) is 0 Å². The molecule has 0 spiro atoms. The van der Waals surface area contributed by atoms with Gasteiger partial charge in [-0.05, 0) is 13.0 Å². The lowest BCUT2D eigenvalue weighted by molar-refractivity contribution is 0.373. The third-order valence-corrected chi connectivity index (χ3v) is 2.93. The Morgan fingerprint density at radius 2 is 2.19 bits per heavy atom. The van der Waals surface area contributed by atoms with Crippen molar-refractivity contribution in [2.45, 2.75) is 13.5 Å². The van der Waals surface area contributed by atoms with E-state index in [1.807, 2.05) is 25.1 Å². The lowest BCUT2D eigenvalue weighted by Crippen LogP contribution is -2.06. The molecule has 21 heavy (non-hydrogen) atoms. The minimum absolute atomic E-state index is 0.281. The van der Waals surface area contributed by atoms with E-state index in [9.17, 15) is 0 Å². The van der Waals surface area contributed by atoms with E-state index in [0.717, 1.165) is 5.69 Å². The molecule has 2 N–H and O–H groups in total. The highest BCUT2D eigenvalue weighted by Crippen LogP contribution is 2.21. The fourth-order valence-corrected chi connectivity index (χ4v) is 1.96. The number of aryl methyl sites for hydroxylation is 1. The standard InChI is InChI=1S/C13H14N6O2/c1-8-6-9(21-18-8)7-19-12(16-17-13(19)14)10-4-3-5-11(15-10)20-2/h3-6H,7H2,1-2H3,(H2,14,17). The molecule has 8 nitrogen and oxygen atoms in total. The van der Waals surface area contributed by atoms with Crippen molar-refractivity contribution in [1.82, 2.24) is 24.9 Å². The lowest BCUT2D eigenvalue weighted by Gasteiger charge is -2.06. The Balaban J connectivity index is 1.99. The van der Waals surface area contributed by atoms with Gasteiger partial charge in [-0.25, -0.2) is 4.98 Å². The summed E-state index contributed by atoms with van der Waals surface area (Å²) in [6.45, 7) is 2.24. The second-order valence-electron chi connectivity index (χ2n) is 4.47. The summed E-state index contributed by atoms with van der Waals surface area (Å²) in [5.41, 5.74) is 7.30. The van der Waals surface area contributed by atoms with Gasteiger partial charge in [-0.2, -0.15) is 0 Å². The molecular formula is C13H14N6O2. The Morgan fingerprint density at radius 1 is 1.33 bits per heavy atom. The molecular weight excluding hydrogens is 272 g/mol. The molecule has 0 aliphatic heterocycles. The first kappa shape index (κ1) is 13.1. The number of nitrogens with zero attached hydrogens (tertiary/aromatic N) is 5. The van der Waals surface area contributed by atoms with E-state index in [1.165, 1.54) is 0 Å².